The topological polar surface area (TPSA) is 70.0 Å². The van der Waals surface area contributed by atoms with Crippen LogP contribution in [0.1, 0.15) is 16.7 Å². The Morgan fingerprint density at radius 3 is 2.16 bits per heavy atom. The average molecular weight is 453 g/mol. The van der Waals surface area contributed by atoms with Gasteiger partial charge in [0, 0.05) is 11.4 Å². The zero-order valence-electron chi connectivity index (χ0n) is 17.1. The lowest BCUT2D eigenvalue weighted by atomic mass is 10.1. The molecule has 1 N–H and O–H groups in total. The van der Waals surface area contributed by atoms with E-state index in [0.29, 0.717) is 5.75 Å². The standard InChI is InChI=1S/C24H21FN2O2S2/c1-17-7-6-8-18(2)23(17)27-24(30-16-19-11-13-20(25)14-12-19)22(15-26)31(28,29)21-9-4-3-5-10-21/h3-14,27H,16H2,1-2H3/b24-22+. The fourth-order valence-corrected chi connectivity index (χ4v) is 5.50. The lowest BCUT2D eigenvalue weighted by molar-refractivity contribution is 0.603. The number of halogens is 1. The fraction of sp³-hybridized carbons (Fsp3) is 0.125. The Balaban J connectivity index is 2.08. The van der Waals surface area contributed by atoms with Crippen molar-refractivity contribution in [1.29, 1.82) is 5.26 Å². The number of nitrogens with zero attached hydrogens (tertiary/aromatic N) is 1. The van der Waals surface area contributed by atoms with Gasteiger partial charge in [-0.2, -0.15) is 5.26 Å². The van der Waals surface area contributed by atoms with Gasteiger partial charge >= 0.3 is 0 Å². The Morgan fingerprint density at radius 2 is 1.58 bits per heavy atom. The monoisotopic (exact) mass is 452 g/mol. The molecule has 0 atom stereocenters. The summed E-state index contributed by atoms with van der Waals surface area (Å²) in [5, 5.41) is 13.3. The van der Waals surface area contributed by atoms with Crippen molar-refractivity contribution in [3.8, 4) is 6.07 Å². The molecule has 0 saturated carbocycles. The molecule has 7 heteroatoms. The number of anilines is 1. The summed E-state index contributed by atoms with van der Waals surface area (Å²) >= 11 is 1.19. The molecule has 31 heavy (non-hydrogen) atoms. The molecule has 0 saturated heterocycles. The van der Waals surface area contributed by atoms with Crippen molar-refractivity contribution < 1.29 is 12.8 Å². The molecule has 0 aliphatic carbocycles. The van der Waals surface area contributed by atoms with Crippen LogP contribution in [0.4, 0.5) is 10.1 Å². The number of nitrogens with one attached hydrogen (secondary N) is 1. The van der Waals surface area contributed by atoms with Gasteiger partial charge in [-0.15, -0.1) is 11.8 Å². The fourth-order valence-electron chi connectivity index (χ4n) is 2.97. The number of allylic oxidation sites excluding steroid dienone is 1. The number of sulfone groups is 1. The number of para-hydroxylation sites is 1. The van der Waals surface area contributed by atoms with E-state index < -0.39 is 9.84 Å². The summed E-state index contributed by atoms with van der Waals surface area (Å²) in [5.41, 5.74) is 3.41. The minimum atomic E-state index is -4.03. The Labute approximate surface area is 186 Å². The van der Waals surface area contributed by atoms with Crippen molar-refractivity contribution in [2.24, 2.45) is 0 Å². The highest BCUT2D eigenvalue weighted by molar-refractivity contribution is 8.04. The van der Waals surface area contributed by atoms with Gasteiger partial charge in [0.2, 0.25) is 9.84 Å². The van der Waals surface area contributed by atoms with Crippen LogP contribution in [-0.2, 0) is 15.6 Å². The molecule has 0 aromatic heterocycles. The molecule has 4 nitrogen and oxygen atoms in total. The van der Waals surface area contributed by atoms with Crippen LogP contribution in [0.3, 0.4) is 0 Å². The van der Waals surface area contributed by atoms with Crippen LogP contribution in [0.15, 0.2) is 87.6 Å². The molecule has 3 aromatic carbocycles. The van der Waals surface area contributed by atoms with E-state index in [-0.39, 0.29) is 20.6 Å². The Kier molecular flexibility index (Phi) is 7.16. The lowest BCUT2D eigenvalue weighted by Gasteiger charge is -2.17. The minimum absolute atomic E-state index is 0.0507. The molecule has 0 bridgehead atoms. The molecule has 3 aromatic rings. The Morgan fingerprint density at radius 1 is 0.968 bits per heavy atom. The van der Waals surface area contributed by atoms with Crippen molar-refractivity contribution >= 4 is 27.3 Å². The first-order valence-corrected chi connectivity index (χ1v) is 11.9. The van der Waals surface area contributed by atoms with Gasteiger partial charge in [-0.25, -0.2) is 12.8 Å². The van der Waals surface area contributed by atoms with Crippen LogP contribution in [0, 0.1) is 31.0 Å². The van der Waals surface area contributed by atoms with Crippen LogP contribution in [0.2, 0.25) is 0 Å². The van der Waals surface area contributed by atoms with E-state index in [1.54, 1.807) is 30.3 Å². The van der Waals surface area contributed by atoms with Gasteiger partial charge in [-0.1, -0.05) is 48.5 Å². The molecule has 158 valence electrons. The van der Waals surface area contributed by atoms with Crippen LogP contribution in [0.25, 0.3) is 0 Å². The smallest absolute Gasteiger partial charge is 0.219 e. The van der Waals surface area contributed by atoms with E-state index in [2.05, 4.69) is 5.32 Å². The van der Waals surface area contributed by atoms with Gasteiger partial charge in [-0.05, 0) is 54.8 Å². The summed E-state index contributed by atoms with van der Waals surface area (Å²) in [4.78, 5) is -0.303. The van der Waals surface area contributed by atoms with E-state index in [9.17, 15) is 18.1 Å². The summed E-state index contributed by atoms with van der Waals surface area (Å²) in [6, 6.07) is 21.5. The molecule has 0 spiro atoms. The first-order chi connectivity index (χ1) is 14.8. The number of thioether (sulfide) groups is 1. The molecule has 0 unspecified atom stereocenters. The molecule has 0 aliphatic heterocycles. The van der Waals surface area contributed by atoms with Crippen molar-refractivity contribution in [3.05, 3.63) is 105 Å². The normalized spacial score (nSPS) is 12.1. The summed E-state index contributed by atoms with van der Waals surface area (Å²) in [7, 11) is -4.03. The maximum atomic E-state index is 13.2. The van der Waals surface area contributed by atoms with Gasteiger partial charge < -0.3 is 5.32 Å². The third-order valence-corrected chi connectivity index (χ3v) is 7.57. The second kappa shape index (κ2) is 9.82. The maximum Gasteiger partial charge on any atom is 0.219 e. The van der Waals surface area contributed by atoms with E-state index in [1.165, 1.54) is 36.0 Å². The third-order valence-electron chi connectivity index (χ3n) is 4.65. The molecular weight excluding hydrogens is 431 g/mol. The zero-order chi connectivity index (χ0) is 22.4. The summed E-state index contributed by atoms with van der Waals surface area (Å²) < 4.78 is 39.7. The van der Waals surface area contributed by atoms with Gasteiger partial charge in [0.1, 0.15) is 16.9 Å². The first-order valence-electron chi connectivity index (χ1n) is 9.48. The number of hydrogen-bond donors (Lipinski definition) is 1. The molecule has 0 amide bonds. The highest BCUT2D eigenvalue weighted by atomic mass is 32.2. The summed E-state index contributed by atoms with van der Waals surface area (Å²) in [5.74, 6) is 0.0193. The highest BCUT2D eigenvalue weighted by Gasteiger charge is 2.26. The molecular formula is C24H21FN2O2S2. The number of hydrogen-bond acceptors (Lipinski definition) is 5. The molecule has 0 aliphatic rings. The van der Waals surface area contributed by atoms with Crippen molar-refractivity contribution in [2.75, 3.05) is 5.32 Å². The quantitative estimate of drug-likeness (QED) is 0.448. The summed E-state index contributed by atoms with van der Waals surface area (Å²) in [6.45, 7) is 3.82. The zero-order valence-corrected chi connectivity index (χ0v) is 18.7. The first kappa shape index (κ1) is 22.6. The van der Waals surface area contributed by atoms with Gasteiger partial charge in [-0.3, -0.25) is 0 Å². The largest absolute Gasteiger partial charge is 0.348 e. The molecule has 0 radical (unpaired) electrons. The van der Waals surface area contributed by atoms with E-state index >= 15 is 0 Å². The van der Waals surface area contributed by atoms with Crippen LogP contribution in [-0.4, -0.2) is 8.42 Å². The average Bonchev–Trinajstić information content (AvgIpc) is 2.76. The number of nitriles is 1. The molecule has 3 rings (SSSR count). The maximum absolute atomic E-state index is 13.2. The van der Waals surface area contributed by atoms with E-state index in [4.69, 9.17) is 0 Å². The Bertz CT molecular complexity index is 1230. The lowest BCUT2D eigenvalue weighted by Crippen LogP contribution is -2.11. The predicted molar refractivity (Wildman–Crippen MR) is 124 cm³/mol. The highest BCUT2D eigenvalue weighted by Crippen LogP contribution is 2.33. The number of benzene rings is 3. The summed E-state index contributed by atoms with van der Waals surface area (Å²) in [6.07, 6.45) is 0. The second-order valence-corrected chi connectivity index (χ2v) is 9.77. The molecule has 0 fully saturated rings. The van der Waals surface area contributed by atoms with E-state index in [0.717, 1.165) is 22.4 Å². The number of aryl methyl sites for hydroxylation is 2. The van der Waals surface area contributed by atoms with Crippen molar-refractivity contribution in [3.63, 3.8) is 0 Å². The van der Waals surface area contributed by atoms with E-state index in [1.807, 2.05) is 38.1 Å². The van der Waals surface area contributed by atoms with Crippen molar-refractivity contribution in [1.82, 2.24) is 0 Å². The van der Waals surface area contributed by atoms with Crippen LogP contribution >= 0.6 is 11.8 Å². The second-order valence-electron chi connectivity index (χ2n) is 6.89. The van der Waals surface area contributed by atoms with Crippen molar-refractivity contribution in [2.45, 2.75) is 24.5 Å². The Hall–Kier alpha value is -3.08. The minimum Gasteiger partial charge on any atom is -0.348 e. The third kappa shape index (κ3) is 5.35. The number of rotatable bonds is 7. The van der Waals surface area contributed by atoms with Crippen LogP contribution < -0.4 is 5.32 Å². The predicted octanol–water partition coefficient (Wildman–Crippen LogP) is 5.95. The van der Waals surface area contributed by atoms with Gasteiger partial charge in [0.25, 0.3) is 0 Å². The van der Waals surface area contributed by atoms with Crippen LogP contribution in [0.5, 0.6) is 0 Å². The molecule has 0 heterocycles. The van der Waals surface area contributed by atoms with Gasteiger partial charge in [0.15, 0.2) is 4.91 Å². The van der Waals surface area contributed by atoms with Gasteiger partial charge in [0.05, 0.1) is 4.90 Å². The SMILES string of the molecule is Cc1cccc(C)c1N/C(SCc1ccc(F)cc1)=C(/C#N)S(=O)(=O)c1ccccc1.